The van der Waals surface area contributed by atoms with Crippen molar-refractivity contribution in [3.63, 3.8) is 0 Å². The predicted molar refractivity (Wildman–Crippen MR) is 77.0 cm³/mol. The first-order chi connectivity index (χ1) is 9.40. The lowest BCUT2D eigenvalue weighted by Gasteiger charge is -2.08. The normalized spacial score (nSPS) is 9.63. The minimum absolute atomic E-state index is 0.582. The van der Waals surface area contributed by atoms with Crippen LogP contribution in [0.1, 0.15) is 12.0 Å². The number of aromatic nitrogens is 1. The molecule has 19 heavy (non-hydrogen) atoms. The van der Waals surface area contributed by atoms with Crippen molar-refractivity contribution in [3.05, 3.63) is 54.2 Å². The summed E-state index contributed by atoms with van der Waals surface area (Å²) in [5, 5.41) is 15.4. The number of hydrogen-bond acceptors (Lipinski definition) is 4. The van der Waals surface area contributed by atoms with Gasteiger partial charge in [-0.25, -0.2) is 4.98 Å². The molecule has 4 heteroatoms. The average molecular weight is 252 g/mol. The molecule has 2 rings (SSSR count). The molecule has 2 aromatic rings. The molecule has 0 radical (unpaired) electrons. The van der Waals surface area contributed by atoms with Crippen molar-refractivity contribution in [3.8, 4) is 6.07 Å². The lowest BCUT2D eigenvalue weighted by atomic mass is 10.2. The van der Waals surface area contributed by atoms with E-state index in [-0.39, 0.29) is 0 Å². The molecule has 0 aliphatic carbocycles. The molecular weight excluding hydrogens is 236 g/mol. The lowest BCUT2D eigenvalue weighted by molar-refractivity contribution is 0.903. The number of nitriles is 1. The summed E-state index contributed by atoms with van der Waals surface area (Å²) in [5.41, 5.74) is 1.71. The van der Waals surface area contributed by atoms with Gasteiger partial charge >= 0.3 is 0 Å². The second-order valence-electron chi connectivity index (χ2n) is 4.08. The Bertz CT molecular complexity index is 546. The number of benzene rings is 1. The van der Waals surface area contributed by atoms with Crippen molar-refractivity contribution in [2.75, 3.05) is 23.7 Å². The number of pyridine rings is 1. The van der Waals surface area contributed by atoms with Gasteiger partial charge in [0, 0.05) is 25.0 Å². The van der Waals surface area contributed by atoms with Gasteiger partial charge in [-0.05, 0) is 30.7 Å². The highest BCUT2D eigenvalue weighted by Crippen LogP contribution is 2.09. The fourth-order valence-electron chi connectivity index (χ4n) is 1.72. The van der Waals surface area contributed by atoms with Gasteiger partial charge in [-0.2, -0.15) is 5.26 Å². The summed E-state index contributed by atoms with van der Waals surface area (Å²) in [6.07, 6.45) is 2.64. The summed E-state index contributed by atoms with van der Waals surface area (Å²) >= 11 is 0. The highest BCUT2D eigenvalue weighted by molar-refractivity contribution is 5.51. The number of nitrogens with zero attached hydrogens (tertiary/aromatic N) is 2. The monoisotopic (exact) mass is 252 g/mol. The van der Waals surface area contributed by atoms with Gasteiger partial charge in [0.15, 0.2) is 0 Å². The third-order valence-electron chi connectivity index (χ3n) is 2.68. The minimum Gasteiger partial charge on any atom is -0.385 e. The number of anilines is 2. The topological polar surface area (TPSA) is 60.7 Å². The zero-order chi connectivity index (χ0) is 13.3. The van der Waals surface area contributed by atoms with Crippen molar-refractivity contribution in [2.24, 2.45) is 0 Å². The van der Waals surface area contributed by atoms with Crippen LogP contribution < -0.4 is 10.6 Å². The van der Waals surface area contributed by atoms with Crippen LogP contribution in [0.4, 0.5) is 11.5 Å². The minimum atomic E-state index is 0.582. The molecule has 0 saturated heterocycles. The summed E-state index contributed by atoms with van der Waals surface area (Å²) in [6.45, 7) is 1.66. The van der Waals surface area contributed by atoms with Crippen LogP contribution in [0, 0.1) is 11.3 Å². The van der Waals surface area contributed by atoms with Crippen LogP contribution in [-0.2, 0) is 0 Å². The maximum Gasteiger partial charge on any atom is 0.143 e. The Morgan fingerprint density at radius 1 is 1.00 bits per heavy atom. The van der Waals surface area contributed by atoms with Crippen LogP contribution >= 0.6 is 0 Å². The summed E-state index contributed by atoms with van der Waals surface area (Å²) in [4.78, 5) is 4.15. The molecule has 0 fully saturated rings. The summed E-state index contributed by atoms with van der Waals surface area (Å²) in [6, 6.07) is 15.7. The molecule has 1 aromatic carbocycles. The van der Waals surface area contributed by atoms with Gasteiger partial charge in [0.2, 0.25) is 0 Å². The summed E-state index contributed by atoms with van der Waals surface area (Å²) < 4.78 is 0. The van der Waals surface area contributed by atoms with Crippen LogP contribution in [0.5, 0.6) is 0 Å². The molecule has 0 spiro atoms. The Labute approximate surface area is 113 Å². The van der Waals surface area contributed by atoms with Gasteiger partial charge in [-0.15, -0.1) is 0 Å². The van der Waals surface area contributed by atoms with E-state index in [0.717, 1.165) is 25.2 Å². The molecule has 1 aromatic heterocycles. The first-order valence-electron chi connectivity index (χ1n) is 6.28. The van der Waals surface area contributed by atoms with Crippen molar-refractivity contribution >= 4 is 11.5 Å². The molecule has 0 aliphatic rings. The third-order valence-corrected chi connectivity index (χ3v) is 2.68. The molecule has 0 atom stereocenters. The first kappa shape index (κ1) is 12.9. The molecule has 0 unspecified atom stereocenters. The molecule has 4 nitrogen and oxygen atoms in total. The maximum atomic E-state index is 8.93. The van der Waals surface area contributed by atoms with E-state index in [2.05, 4.69) is 21.7 Å². The average Bonchev–Trinajstić information content (AvgIpc) is 2.48. The van der Waals surface area contributed by atoms with Crippen molar-refractivity contribution in [1.29, 1.82) is 5.26 Å². The van der Waals surface area contributed by atoms with Crippen LogP contribution in [0.3, 0.4) is 0 Å². The van der Waals surface area contributed by atoms with E-state index in [1.807, 2.05) is 30.3 Å². The number of nitrogens with one attached hydrogen (secondary N) is 2. The van der Waals surface area contributed by atoms with E-state index in [9.17, 15) is 0 Å². The standard InChI is InChI=1S/C15H16N4/c16-12-13-6-4-9-18-15(13)19-11-5-10-17-14-7-2-1-3-8-14/h1-4,6-9,17H,5,10-11H2,(H,18,19). The van der Waals surface area contributed by atoms with Crippen molar-refractivity contribution in [2.45, 2.75) is 6.42 Å². The predicted octanol–water partition coefficient (Wildman–Crippen LogP) is 2.87. The molecule has 0 amide bonds. The van der Waals surface area contributed by atoms with E-state index in [4.69, 9.17) is 5.26 Å². The van der Waals surface area contributed by atoms with Crippen LogP contribution in [0.15, 0.2) is 48.7 Å². The number of rotatable bonds is 6. The largest absolute Gasteiger partial charge is 0.385 e. The molecule has 0 aliphatic heterocycles. The Hall–Kier alpha value is -2.54. The first-order valence-corrected chi connectivity index (χ1v) is 6.28. The summed E-state index contributed by atoms with van der Waals surface area (Å²) in [7, 11) is 0. The SMILES string of the molecule is N#Cc1cccnc1NCCCNc1ccccc1. The molecular formula is C15H16N4. The zero-order valence-corrected chi connectivity index (χ0v) is 10.6. The van der Waals surface area contributed by atoms with Gasteiger partial charge in [0.1, 0.15) is 11.9 Å². The summed E-state index contributed by atoms with van der Waals surface area (Å²) in [5.74, 6) is 0.657. The second-order valence-corrected chi connectivity index (χ2v) is 4.08. The molecule has 0 saturated carbocycles. The van der Waals surface area contributed by atoms with Crippen LogP contribution in [0.25, 0.3) is 0 Å². The zero-order valence-electron chi connectivity index (χ0n) is 10.6. The van der Waals surface area contributed by atoms with E-state index in [1.54, 1.807) is 18.3 Å². The van der Waals surface area contributed by atoms with Crippen LogP contribution in [0.2, 0.25) is 0 Å². The lowest BCUT2D eigenvalue weighted by Crippen LogP contribution is -2.10. The molecule has 96 valence electrons. The van der Waals surface area contributed by atoms with E-state index < -0.39 is 0 Å². The number of para-hydroxylation sites is 1. The highest BCUT2D eigenvalue weighted by atomic mass is 15.0. The van der Waals surface area contributed by atoms with Gasteiger partial charge in [-0.3, -0.25) is 0 Å². The Morgan fingerprint density at radius 3 is 2.58 bits per heavy atom. The van der Waals surface area contributed by atoms with E-state index in [1.165, 1.54) is 0 Å². The number of hydrogen-bond donors (Lipinski definition) is 2. The fourth-order valence-corrected chi connectivity index (χ4v) is 1.72. The third kappa shape index (κ3) is 4.00. The second kappa shape index (κ2) is 7.02. The van der Waals surface area contributed by atoms with Crippen molar-refractivity contribution < 1.29 is 0 Å². The molecule has 2 N–H and O–H groups in total. The van der Waals surface area contributed by atoms with E-state index in [0.29, 0.717) is 11.4 Å². The van der Waals surface area contributed by atoms with Gasteiger partial charge in [-0.1, -0.05) is 18.2 Å². The van der Waals surface area contributed by atoms with Crippen molar-refractivity contribution in [1.82, 2.24) is 4.98 Å². The van der Waals surface area contributed by atoms with Gasteiger partial charge in [0.25, 0.3) is 0 Å². The van der Waals surface area contributed by atoms with Crippen LogP contribution in [-0.4, -0.2) is 18.1 Å². The highest BCUT2D eigenvalue weighted by Gasteiger charge is 2.00. The fraction of sp³-hybridized carbons (Fsp3) is 0.200. The maximum absolute atomic E-state index is 8.93. The van der Waals surface area contributed by atoms with Gasteiger partial charge < -0.3 is 10.6 Å². The van der Waals surface area contributed by atoms with E-state index >= 15 is 0 Å². The Balaban J connectivity index is 1.71. The molecule has 0 bridgehead atoms. The van der Waals surface area contributed by atoms with Gasteiger partial charge in [0.05, 0.1) is 5.56 Å². The molecule has 1 heterocycles. The Kier molecular flexibility index (Phi) is 4.77. The smallest absolute Gasteiger partial charge is 0.143 e. The Morgan fingerprint density at radius 2 is 1.79 bits per heavy atom. The quantitative estimate of drug-likeness (QED) is 0.776.